The molecule has 0 nitrogen and oxygen atoms in total. The van der Waals surface area contributed by atoms with Crippen LogP contribution in [0.25, 0.3) is 0 Å². The molecule has 0 heterocycles. The van der Waals surface area contributed by atoms with Crippen molar-refractivity contribution in [1.82, 2.24) is 0 Å². The largest absolute Gasteiger partial charge is 0.115 e. The zero-order valence-electron chi connectivity index (χ0n) is 7.47. The van der Waals surface area contributed by atoms with Crippen LogP contribution < -0.4 is 0 Å². The van der Waals surface area contributed by atoms with Crippen molar-refractivity contribution in [3.8, 4) is 12.3 Å². The van der Waals surface area contributed by atoms with Gasteiger partial charge in [0.2, 0.25) is 0 Å². The van der Waals surface area contributed by atoms with Crippen LogP contribution in [0, 0.1) is 12.3 Å². The van der Waals surface area contributed by atoms with Gasteiger partial charge in [-0.05, 0) is 24.3 Å². The van der Waals surface area contributed by atoms with Gasteiger partial charge < -0.3 is 0 Å². The zero-order chi connectivity index (χ0) is 9.40. The number of halogens is 1. The summed E-state index contributed by atoms with van der Waals surface area (Å²) >= 11 is 3.31. The molecule has 0 unspecified atom stereocenters. The lowest BCUT2D eigenvalue weighted by Gasteiger charge is -1.88. The van der Waals surface area contributed by atoms with Crippen molar-refractivity contribution in [3.63, 3.8) is 0 Å². The molecule has 0 fully saturated rings. The fourth-order valence-corrected chi connectivity index (χ4v) is 0.810. The van der Waals surface area contributed by atoms with E-state index in [1.165, 1.54) is 6.42 Å². The number of benzene rings is 1. The summed E-state index contributed by atoms with van der Waals surface area (Å²) in [5.74, 6) is 2.53. The van der Waals surface area contributed by atoms with Gasteiger partial charge in [-0.2, -0.15) is 0 Å². The fraction of sp³-hybridized carbons (Fsp3) is 0.273. The van der Waals surface area contributed by atoms with E-state index in [1.807, 2.05) is 24.3 Å². The molecule has 12 heavy (non-hydrogen) atoms. The minimum atomic E-state index is 0.915. The lowest BCUT2D eigenvalue weighted by molar-refractivity contribution is 1.09. The molecule has 0 spiro atoms. The van der Waals surface area contributed by atoms with Crippen molar-refractivity contribution in [2.45, 2.75) is 20.3 Å². The maximum atomic E-state index is 5.13. The molecule has 64 valence electrons. The number of hydrogen-bond acceptors (Lipinski definition) is 0. The Kier molecular flexibility index (Phi) is 6.51. The van der Waals surface area contributed by atoms with Crippen LogP contribution in [0.4, 0.5) is 0 Å². The first kappa shape index (κ1) is 11.3. The van der Waals surface area contributed by atoms with E-state index in [0.717, 1.165) is 10.0 Å². The van der Waals surface area contributed by atoms with Crippen molar-refractivity contribution in [2.75, 3.05) is 0 Å². The highest BCUT2D eigenvalue weighted by molar-refractivity contribution is 9.10. The van der Waals surface area contributed by atoms with E-state index in [4.69, 9.17) is 6.42 Å². The average Bonchev–Trinajstić information content (AvgIpc) is 2.07. The van der Waals surface area contributed by atoms with Crippen LogP contribution in [0.2, 0.25) is 0 Å². The summed E-state index contributed by atoms with van der Waals surface area (Å²) in [7, 11) is 0. The Bertz CT molecular complexity index is 241. The molecule has 0 aliphatic rings. The van der Waals surface area contributed by atoms with E-state index in [1.54, 1.807) is 0 Å². The van der Waals surface area contributed by atoms with Crippen molar-refractivity contribution in [3.05, 3.63) is 34.3 Å². The Morgan fingerprint density at radius 1 is 1.25 bits per heavy atom. The maximum absolute atomic E-state index is 5.13. The first-order valence-corrected chi connectivity index (χ1v) is 4.76. The van der Waals surface area contributed by atoms with Gasteiger partial charge in [0.05, 0.1) is 0 Å². The first-order chi connectivity index (χ1) is 5.74. The summed E-state index contributed by atoms with van der Waals surface area (Å²) in [6.07, 6.45) is 6.38. The molecule has 1 aromatic carbocycles. The highest BCUT2D eigenvalue weighted by Crippen LogP contribution is 2.08. The zero-order valence-corrected chi connectivity index (χ0v) is 9.06. The average molecular weight is 225 g/mol. The third-order valence-electron chi connectivity index (χ3n) is 1.01. The van der Waals surface area contributed by atoms with Crippen LogP contribution in [0.5, 0.6) is 0 Å². The predicted octanol–water partition coefficient (Wildman–Crippen LogP) is 3.85. The van der Waals surface area contributed by atoms with Crippen LogP contribution in [-0.2, 0) is 0 Å². The van der Waals surface area contributed by atoms with Crippen molar-refractivity contribution in [2.24, 2.45) is 0 Å². The highest BCUT2D eigenvalue weighted by atomic mass is 79.9. The molecular weight excluding hydrogens is 212 g/mol. The monoisotopic (exact) mass is 224 g/mol. The maximum Gasteiger partial charge on any atom is 0.0243 e. The number of hydrogen-bond donors (Lipinski definition) is 0. The van der Waals surface area contributed by atoms with E-state index in [9.17, 15) is 0 Å². The van der Waals surface area contributed by atoms with Gasteiger partial charge in [-0.1, -0.05) is 42.1 Å². The molecule has 0 atom stereocenters. The molecule has 1 rings (SSSR count). The normalized spacial score (nSPS) is 7.83. The number of rotatable bonds is 0. The quantitative estimate of drug-likeness (QED) is 0.588. The van der Waals surface area contributed by atoms with Gasteiger partial charge >= 0.3 is 0 Å². The standard InChI is InChI=1S/C8H5Br.C3H8/c1-2-7-3-5-8(9)6-4-7;1-3-2/h1,3-6H;3H2,1-2H3. The van der Waals surface area contributed by atoms with E-state index in [0.29, 0.717) is 0 Å². The molecule has 1 aromatic rings. The second kappa shape index (κ2) is 6.94. The van der Waals surface area contributed by atoms with E-state index in [2.05, 4.69) is 35.7 Å². The second-order valence-corrected chi connectivity index (χ2v) is 3.27. The molecule has 0 saturated heterocycles. The predicted molar refractivity (Wildman–Crippen MR) is 58.0 cm³/mol. The van der Waals surface area contributed by atoms with Gasteiger partial charge in [0.15, 0.2) is 0 Å². The molecule has 0 N–H and O–H groups in total. The molecule has 0 bridgehead atoms. The van der Waals surface area contributed by atoms with Crippen molar-refractivity contribution in [1.29, 1.82) is 0 Å². The third kappa shape index (κ3) is 4.98. The van der Waals surface area contributed by atoms with Crippen LogP contribution in [0.1, 0.15) is 25.8 Å². The van der Waals surface area contributed by atoms with Crippen LogP contribution in [-0.4, -0.2) is 0 Å². The lowest BCUT2D eigenvalue weighted by Crippen LogP contribution is -1.69. The van der Waals surface area contributed by atoms with E-state index < -0.39 is 0 Å². The van der Waals surface area contributed by atoms with E-state index in [-0.39, 0.29) is 0 Å². The van der Waals surface area contributed by atoms with Gasteiger partial charge in [-0.3, -0.25) is 0 Å². The fourth-order valence-electron chi connectivity index (χ4n) is 0.546. The minimum Gasteiger partial charge on any atom is -0.115 e. The summed E-state index contributed by atoms with van der Waals surface area (Å²) in [6.45, 7) is 4.25. The first-order valence-electron chi connectivity index (χ1n) is 3.96. The Morgan fingerprint density at radius 3 is 2.00 bits per heavy atom. The molecule has 0 aliphatic carbocycles. The molecule has 0 aliphatic heterocycles. The van der Waals surface area contributed by atoms with Crippen LogP contribution in [0.3, 0.4) is 0 Å². The smallest absolute Gasteiger partial charge is 0.0243 e. The van der Waals surface area contributed by atoms with Gasteiger partial charge in [-0.25, -0.2) is 0 Å². The molecule has 0 amide bonds. The molecule has 0 aromatic heterocycles. The second-order valence-electron chi connectivity index (χ2n) is 2.36. The molecule has 0 radical (unpaired) electrons. The lowest BCUT2D eigenvalue weighted by atomic mass is 10.2. The topological polar surface area (TPSA) is 0 Å². The molecular formula is C11H13Br. The van der Waals surface area contributed by atoms with Crippen LogP contribution >= 0.6 is 15.9 Å². The van der Waals surface area contributed by atoms with E-state index >= 15 is 0 Å². The van der Waals surface area contributed by atoms with Crippen molar-refractivity contribution >= 4 is 15.9 Å². The third-order valence-corrected chi connectivity index (χ3v) is 1.54. The SMILES string of the molecule is C#Cc1ccc(Br)cc1.CCC. The Morgan fingerprint density at radius 2 is 1.67 bits per heavy atom. The Balaban J connectivity index is 0.000000354. The highest BCUT2D eigenvalue weighted by Gasteiger charge is 1.84. The van der Waals surface area contributed by atoms with Gasteiger partial charge in [0.1, 0.15) is 0 Å². The Labute approximate surface area is 83.1 Å². The summed E-state index contributed by atoms with van der Waals surface area (Å²) in [5, 5.41) is 0. The van der Waals surface area contributed by atoms with Gasteiger partial charge in [0.25, 0.3) is 0 Å². The Hall–Kier alpha value is -0.740. The summed E-state index contributed by atoms with van der Waals surface area (Å²) in [6, 6.07) is 7.64. The summed E-state index contributed by atoms with van der Waals surface area (Å²) in [5.41, 5.74) is 0.915. The van der Waals surface area contributed by atoms with Gasteiger partial charge in [-0.15, -0.1) is 6.42 Å². The number of terminal acetylenes is 1. The van der Waals surface area contributed by atoms with Crippen molar-refractivity contribution < 1.29 is 0 Å². The molecule has 0 saturated carbocycles. The van der Waals surface area contributed by atoms with Crippen LogP contribution in [0.15, 0.2) is 28.7 Å². The minimum absolute atomic E-state index is 0.915. The summed E-state index contributed by atoms with van der Waals surface area (Å²) in [4.78, 5) is 0. The molecule has 1 heteroatoms. The van der Waals surface area contributed by atoms with Gasteiger partial charge in [0, 0.05) is 10.0 Å². The summed E-state index contributed by atoms with van der Waals surface area (Å²) < 4.78 is 1.06.